The van der Waals surface area contributed by atoms with Crippen LogP contribution in [0.2, 0.25) is 0 Å². The van der Waals surface area contributed by atoms with E-state index in [0.717, 1.165) is 30.5 Å². The summed E-state index contributed by atoms with van der Waals surface area (Å²) in [5.41, 5.74) is 1.68. The van der Waals surface area contributed by atoms with Gasteiger partial charge in [-0.25, -0.2) is 9.07 Å². The van der Waals surface area contributed by atoms with Gasteiger partial charge in [0.05, 0.1) is 0 Å². The van der Waals surface area contributed by atoms with Crippen molar-refractivity contribution >= 4 is 5.69 Å². The molecule has 1 N–H and O–H groups in total. The molecular weight excluding hydrogens is 367 g/mol. The summed E-state index contributed by atoms with van der Waals surface area (Å²) in [6.07, 6.45) is 5.40. The molecule has 3 aromatic rings. The number of anilines is 1. The topological polar surface area (TPSA) is 59.8 Å². The van der Waals surface area contributed by atoms with Crippen molar-refractivity contribution in [1.29, 1.82) is 0 Å². The molecule has 2 heterocycles. The summed E-state index contributed by atoms with van der Waals surface area (Å²) in [7, 11) is 0. The van der Waals surface area contributed by atoms with Crippen LogP contribution in [0.4, 0.5) is 10.1 Å². The van der Waals surface area contributed by atoms with Crippen LogP contribution in [0.25, 0.3) is 22.6 Å². The van der Waals surface area contributed by atoms with Gasteiger partial charge in [-0.05, 0) is 56.2 Å². The molecule has 2 aromatic carbocycles. The smallest absolute Gasteiger partial charge is 0.300 e. The van der Waals surface area contributed by atoms with Crippen LogP contribution in [0, 0.1) is 5.82 Å². The summed E-state index contributed by atoms with van der Waals surface area (Å²) >= 11 is 0. The number of unbranched alkanes of at least 4 members (excludes halogenated alkanes) is 3. The first-order valence-electron chi connectivity index (χ1n) is 10.2. The highest BCUT2D eigenvalue weighted by molar-refractivity contribution is 5.76. The van der Waals surface area contributed by atoms with Gasteiger partial charge in [-0.2, -0.15) is 10.1 Å². The molecule has 0 fully saturated rings. The normalized spacial score (nSPS) is 17.3. The summed E-state index contributed by atoms with van der Waals surface area (Å²) in [5, 5.41) is 8.33. The third-order valence-electron chi connectivity index (χ3n) is 5.48. The minimum absolute atomic E-state index is 0.231. The fraction of sp³-hybridized carbons (Fsp3) is 0.348. The zero-order chi connectivity index (χ0) is 20.4. The SMILES string of the molecule is CCCCCC[C@]1(C)Nc2ccccc2-c2nc(=O)c(-c3ccc(F)cc3)nn21. The quantitative estimate of drug-likeness (QED) is 0.587. The number of para-hydroxylation sites is 1. The Bertz CT molecular complexity index is 1080. The van der Waals surface area contributed by atoms with E-state index >= 15 is 0 Å². The zero-order valence-electron chi connectivity index (χ0n) is 16.8. The van der Waals surface area contributed by atoms with E-state index < -0.39 is 11.2 Å². The Morgan fingerprint density at radius 3 is 2.59 bits per heavy atom. The lowest BCUT2D eigenvalue weighted by atomic mass is 9.98. The van der Waals surface area contributed by atoms with Crippen LogP contribution in [-0.2, 0) is 5.66 Å². The first kappa shape index (κ1) is 19.3. The lowest BCUT2D eigenvalue weighted by Crippen LogP contribution is -2.45. The molecule has 0 aliphatic carbocycles. The van der Waals surface area contributed by atoms with Gasteiger partial charge >= 0.3 is 0 Å². The molecule has 150 valence electrons. The Balaban J connectivity index is 1.83. The summed E-state index contributed by atoms with van der Waals surface area (Å²) in [5.74, 6) is 0.212. The summed E-state index contributed by atoms with van der Waals surface area (Å²) < 4.78 is 15.2. The number of nitrogens with one attached hydrogen (secondary N) is 1. The van der Waals surface area contributed by atoms with E-state index in [-0.39, 0.29) is 11.5 Å². The van der Waals surface area contributed by atoms with E-state index in [1.165, 1.54) is 25.0 Å². The zero-order valence-corrected chi connectivity index (χ0v) is 16.8. The number of benzene rings is 2. The molecule has 0 bridgehead atoms. The Morgan fingerprint density at radius 2 is 1.83 bits per heavy atom. The van der Waals surface area contributed by atoms with Crippen LogP contribution in [0.1, 0.15) is 46.0 Å². The third-order valence-corrected chi connectivity index (χ3v) is 5.48. The van der Waals surface area contributed by atoms with Crippen LogP contribution in [-0.4, -0.2) is 14.8 Å². The van der Waals surface area contributed by atoms with Crippen LogP contribution in [0.15, 0.2) is 53.3 Å². The number of aromatic nitrogens is 3. The Kier molecular flexibility index (Phi) is 5.18. The van der Waals surface area contributed by atoms with E-state index in [2.05, 4.69) is 24.1 Å². The first-order chi connectivity index (χ1) is 14.0. The van der Waals surface area contributed by atoms with Gasteiger partial charge < -0.3 is 5.32 Å². The van der Waals surface area contributed by atoms with Crippen LogP contribution in [0.5, 0.6) is 0 Å². The predicted molar refractivity (Wildman–Crippen MR) is 113 cm³/mol. The van der Waals surface area contributed by atoms with Gasteiger partial charge in [0.1, 0.15) is 11.5 Å². The molecule has 0 saturated carbocycles. The lowest BCUT2D eigenvalue weighted by molar-refractivity contribution is 0.289. The second kappa shape index (κ2) is 7.78. The number of nitrogens with zero attached hydrogens (tertiary/aromatic N) is 3. The van der Waals surface area contributed by atoms with E-state index in [9.17, 15) is 9.18 Å². The molecule has 1 aliphatic heterocycles. The third kappa shape index (κ3) is 3.67. The van der Waals surface area contributed by atoms with Crippen molar-refractivity contribution in [3.05, 3.63) is 64.7 Å². The molecule has 1 atom stereocenters. The fourth-order valence-electron chi connectivity index (χ4n) is 3.89. The van der Waals surface area contributed by atoms with Crippen molar-refractivity contribution in [3.8, 4) is 22.6 Å². The molecule has 0 amide bonds. The van der Waals surface area contributed by atoms with Gasteiger partial charge in [0.25, 0.3) is 5.56 Å². The largest absolute Gasteiger partial charge is 0.361 e. The summed E-state index contributed by atoms with van der Waals surface area (Å²) in [4.78, 5) is 17.2. The number of fused-ring (bicyclic) bond motifs is 3. The molecular formula is C23H25FN4O. The second-order valence-electron chi connectivity index (χ2n) is 7.76. The molecule has 0 saturated heterocycles. The van der Waals surface area contributed by atoms with Crippen molar-refractivity contribution in [2.45, 2.75) is 51.6 Å². The molecule has 29 heavy (non-hydrogen) atoms. The minimum atomic E-state index is -0.507. The Labute approximate surface area is 169 Å². The predicted octanol–water partition coefficient (Wildman–Crippen LogP) is 5.18. The molecule has 1 aliphatic rings. The Hall–Kier alpha value is -3.02. The number of halogens is 1. The van der Waals surface area contributed by atoms with Crippen LogP contribution < -0.4 is 10.9 Å². The van der Waals surface area contributed by atoms with E-state index in [1.54, 1.807) is 12.1 Å². The molecule has 0 radical (unpaired) electrons. The van der Waals surface area contributed by atoms with Crippen molar-refractivity contribution in [3.63, 3.8) is 0 Å². The van der Waals surface area contributed by atoms with Crippen molar-refractivity contribution < 1.29 is 4.39 Å². The standard InChI is InChI=1S/C23H25FN4O/c1-3-4-5-8-15-23(2)26-19-10-7-6-9-18(19)21-25-22(29)20(27-28(21)23)16-11-13-17(24)14-12-16/h6-7,9-14,26H,3-5,8,15H2,1-2H3/t23-/m1/s1. The molecule has 5 nitrogen and oxygen atoms in total. The summed E-state index contributed by atoms with van der Waals surface area (Å²) in [6.45, 7) is 4.28. The highest BCUT2D eigenvalue weighted by Crippen LogP contribution is 2.38. The minimum Gasteiger partial charge on any atom is -0.361 e. The molecule has 0 unspecified atom stereocenters. The monoisotopic (exact) mass is 392 g/mol. The van der Waals surface area contributed by atoms with Gasteiger partial charge in [-0.1, -0.05) is 38.3 Å². The maximum absolute atomic E-state index is 13.3. The van der Waals surface area contributed by atoms with Gasteiger partial charge in [-0.15, -0.1) is 0 Å². The van der Waals surface area contributed by atoms with Crippen molar-refractivity contribution in [1.82, 2.24) is 14.8 Å². The van der Waals surface area contributed by atoms with Crippen molar-refractivity contribution in [2.75, 3.05) is 5.32 Å². The van der Waals surface area contributed by atoms with Gasteiger partial charge in [-0.3, -0.25) is 4.79 Å². The lowest BCUT2D eigenvalue weighted by Gasteiger charge is -2.39. The first-order valence-corrected chi connectivity index (χ1v) is 10.2. The number of rotatable bonds is 6. The average Bonchev–Trinajstić information content (AvgIpc) is 2.72. The van der Waals surface area contributed by atoms with Crippen LogP contribution in [0.3, 0.4) is 0 Å². The maximum Gasteiger partial charge on any atom is 0.300 e. The highest BCUT2D eigenvalue weighted by Gasteiger charge is 2.35. The Morgan fingerprint density at radius 1 is 1.07 bits per heavy atom. The molecule has 4 rings (SSSR count). The number of hydrogen-bond acceptors (Lipinski definition) is 4. The highest BCUT2D eigenvalue weighted by atomic mass is 19.1. The molecule has 6 heteroatoms. The van der Waals surface area contributed by atoms with Crippen molar-refractivity contribution in [2.24, 2.45) is 0 Å². The maximum atomic E-state index is 13.3. The molecule has 0 spiro atoms. The van der Waals surface area contributed by atoms with Gasteiger partial charge in [0.2, 0.25) is 0 Å². The average molecular weight is 392 g/mol. The van der Waals surface area contributed by atoms with Gasteiger partial charge in [0, 0.05) is 16.8 Å². The van der Waals surface area contributed by atoms with E-state index in [1.807, 2.05) is 28.9 Å². The van der Waals surface area contributed by atoms with Crippen LogP contribution >= 0.6 is 0 Å². The van der Waals surface area contributed by atoms with Gasteiger partial charge in [0.15, 0.2) is 11.5 Å². The fourth-order valence-corrected chi connectivity index (χ4v) is 3.89. The summed E-state index contributed by atoms with van der Waals surface area (Å²) in [6, 6.07) is 13.6. The van der Waals surface area contributed by atoms with E-state index in [4.69, 9.17) is 5.10 Å². The molecule has 1 aromatic heterocycles. The van der Waals surface area contributed by atoms with E-state index in [0.29, 0.717) is 11.4 Å². The second-order valence-corrected chi connectivity index (χ2v) is 7.76. The number of hydrogen-bond donors (Lipinski definition) is 1.